The molecule has 1 atom stereocenters. The zero-order chi connectivity index (χ0) is 17.8. The van der Waals surface area contributed by atoms with E-state index in [1.165, 1.54) is 44.9 Å². The predicted octanol–water partition coefficient (Wildman–Crippen LogP) is 6.43. The van der Waals surface area contributed by atoms with Crippen LogP contribution < -0.4 is 0 Å². The van der Waals surface area contributed by atoms with Gasteiger partial charge in [-0.3, -0.25) is 0 Å². The van der Waals surface area contributed by atoms with Crippen LogP contribution in [0.4, 0.5) is 8.78 Å². The number of rotatable bonds is 12. The largest absolute Gasteiger partial charge is 0.459 e. The van der Waals surface area contributed by atoms with Crippen LogP contribution in [0.5, 0.6) is 0 Å². The first-order valence-electron chi connectivity index (χ1n) is 9.20. The van der Waals surface area contributed by atoms with E-state index in [9.17, 15) is 13.6 Å². The molecule has 0 aliphatic rings. The first-order chi connectivity index (χ1) is 11.5. The fourth-order valence-corrected chi connectivity index (χ4v) is 2.70. The van der Waals surface area contributed by atoms with Crippen molar-refractivity contribution in [2.24, 2.45) is 0 Å². The number of esters is 1. The van der Waals surface area contributed by atoms with Crippen molar-refractivity contribution in [1.29, 1.82) is 0 Å². The fourth-order valence-electron chi connectivity index (χ4n) is 2.70. The van der Waals surface area contributed by atoms with Gasteiger partial charge in [0.15, 0.2) is 0 Å². The highest BCUT2D eigenvalue weighted by Crippen LogP contribution is 2.15. The third kappa shape index (κ3) is 8.42. The molecule has 0 saturated carbocycles. The van der Waals surface area contributed by atoms with Gasteiger partial charge in [0.05, 0.1) is 11.7 Å². The van der Waals surface area contributed by atoms with Crippen LogP contribution in [0, 0.1) is 11.6 Å². The topological polar surface area (TPSA) is 26.3 Å². The van der Waals surface area contributed by atoms with Crippen molar-refractivity contribution >= 4 is 5.97 Å². The molecule has 0 aliphatic carbocycles. The Hall–Kier alpha value is -1.45. The standard InChI is InChI=1S/C20H30F2O2/c1-3-4-5-6-7-8-9-10-11-12-16(2)24-20(23)18-15-17(21)13-14-19(18)22/h13-16H,3-12H2,1-2H3. The number of halogens is 2. The van der Waals surface area contributed by atoms with Gasteiger partial charge in [-0.15, -0.1) is 0 Å². The van der Waals surface area contributed by atoms with Gasteiger partial charge in [-0.25, -0.2) is 13.6 Å². The summed E-state index contributed by atoms with van der Waals surface area (Å²) in [5.74, 6) is -2.19. The summed E-state index contributed by atoms with van der Waals surface area (Å²) in [7, 11) is 0. The van der Waals surface area contributed by atoms with Crippen molar-refractivity contribution in [1.82, 2.24) is 0 Å². The van der Waals surface area contributed by atoms with Crippen molar-refractivity contribution in [2.75, 3.05) is 0 Å². The van der Waals surface area contributed by atoms with Crippen LogP contribution in [-0.2, 0) is 4.74 Å². The Labute approximate surface area is 144 Å². The molecule has 1 rings (SSSR count). The van der Waals surface area contributed by atoms with Crippen LogP contribution in [0.25, 0.3) is 0 Å². The second kappa shape index (κ2) is 12.0. The Balaban J connectivity index is 2.14. The summed E-state index contributed by atoms with van der Waals surface area (Å²) in [5, 5.41) is 0. The Bertz CT molecular complexity index is 489. The Morgan fingerprint density at radius 1 is 1.00 bits per heavy atom. The number of carbonyl (C=O) groups is 1. The molecule has 1 unspecified atom stereocenters. The van der Waals surface area contributed by atoms with Crippen molar-refractivity contribution in [3.8, 4) is 0 Å². The average molecular weight is 340 g/mol. The first kappa shape index (κ1) is 20.6. The number of benzene rings is 1. The lowest BCUT2D eigenvalue weighted by Gasteiger charge is -2.13. The lowest BCUT2D eigenvalue weighted by molar-refractivity contribution is 0.0313. The van der Waals surface area contributed by atoms with E-state index in [0.29, 0.717) is 0 Å². The van der Waals surface area contributed by atoms with E-state index >= 15 is 0 Å². The summed E-state index contributed by atoms with van der Waals surface area (Å²) < 4.78 is 31.8. The second-order valence-electron chi connectivity index (χ2n) is 6.46. The van der Waals surface area contributed by atoms with E-state index in [0.717, 1.165) is 37.5 Å². The number of ether oxygens (including phenoxy) is 1. The van der Waals surface area contributed by atoms with Crippen LogP contribution in [0.1, 0.15) is 88.4 Å². The molecule has 0 saturated heterocycles. The predicted molar refractivity (Wildman–Crippen MR) is 93.1 cm³/mol. The van der Waals surface area contributed by atoms with E-state index in [1.54, 1.807) is 6.92 Å². The molecule has 136 valence electrons. The molecule has 0 fully saturated rings. The summed E-state index contributed by atoms with van der Waals surface area (Å²) in [6.45, 7) is 4.01. The third-order valence-corrected chi connectivity index (χ3v) is 4.17. The number of hydrogen-bond donors (Lipinski definition) is 0. The molecule has 24 heavy (non-hydrogen) atoms. The van der Waals surface area contributed by atoms with Gasteiger partial charge in [-0.2, -0.15) is 0 Å². The summed E-state index contributed by atoms with van der Waals surface area (Å²) in [5.41, 5.74) is -0.339. The fraction of sp³-hybridized carbons (Fsp3) is 0.650. The van der Waals surface area contributed by atoms with Gasteiger partial charge in [-0.05, 0) is 38.0 Å². The molecule has 0 N–H and O–H groups in total. The van der Waals surface area contributed by atoms with Crippen LogP contribution in [0.2, 0.25) is 0 Å². The molecule has 0 spiro atoms. The normalized spacial score (nSPS) is 12.2. The van der Waals surface area contributed by atoms with E-state index in [2.05, 4.69) is 6.92 Å². The van der Waals surface area contributed by atoms with Gasteiger partial charge in [0, 0.05) is 0 Å². The van der Waals surface area contributed by atoms with E-state index in [1.807, 2.05) is 0 Å². The highest BCUT2D eigenvalue weighted by Gasteiger charge is 2.16. The molecule has 0 aromatic heterocycles. The Kier molecular flexibility index (Phi) is 10.3. The minimum absolute atomic E-state index is 0.287. The third-order valence-electron chi connectivity index (χ3n) is 4.17. The maximum Gasteiger partial charge on any atom is 0.341 e. The molecular weight excluding hydrogens is 310 g/mol. The lowest BCUT2D eigenvalue weighted by Crippen LogP contribution is -2.16. The molecule has 0 heterocycles. The number of carbonyl (C=O) groups excluding carboxylic acids is 1. The highest BCUT2D eigenvalue weighted by molar-refractivity contribution is 5.89. The quantitative estimate of drug-likeness (QED) is 0.324. The van der Waals surface area contributed by atoms with Crippen molar-refractivity contribution in [3.05, 3.63) is 35.4 Å². The lowest BCUT2D eigenvalue weighted by atomic mass is 10.1. The molecule has 0 bridgehead atoms. The van der Waals surface area contributed by atoms with Gasteiger partial charge in [0.25, 0.3) is 0 Å². The van der Waals surface area contributed by atoms with Crippen molar-refractivity contribution < 1.29 is 18.3 Å². The molecule has 1 aromatic rings. The monoisotopic (exact) mass is 340 g/mol. The molecule has 0 radical (unpaired) electrons. The van der Waals surface area contributed by atoms with Crippen molar-refractivity contribution in [3.63, 3.8) is 0 Å². The summed E-state index contributed by atoms with van der Waals surface area (Å²) in [6.07, 6.45) is 11.6. The highest BCUT2D eigenvalue weighted by atomic mass is 19.1. The number of hydrogen-bond acceptors (Lipinski definition) is 2. The van der Waals surface area contributed by atoms with Gasteiger partial charge >= 0.3 is 5.97 Å². The minimum Gasteiger partial charge on any atom is -0.459 e. The summed E-state index contributed by atoms with van der Waals surface area (Å²) >= 11 is 0. The maximum atomic E-state index is 13.5. The van der Waals surface area contributed by atoms with Gasteiger partial charge < -0.3 is 4.74 Å². The Morgan fingerprint density at radius 3 is 2.21 bits per heavy atom. The minimum atomic E-state index is -0.796. The zero-order valence-electron chi connectivity index (χ0n) is 15.0. The molecule has 1 aromatic carbocycles. The maximum absolute atomic E-state index is 13.5. The second-order valence-corrected chi connectivity index (χ2v) is 6.46. The van der Waals surface area contributed by atoms with E-state index in [4.69, 9.17) is 4.74 Å². The van der Waals surface area contributed by atoms with E-state index in [-0.39, 0.29) is 11.7 Å². The molecule has 0 amide bonds. The molecule has 4 heteroatoms. The summed E-state index contributed by atoms with van der Waals surface area (Å²) in [6, 6.07) is 2.80. The van der Waals surface area contributed by atoms with Crippen LogP contribution in [-0.4, -0.2) is 12.1 Å². The van der Waals surface area contributed by atoms with Crippen molar-refractivity contribution in [2.45, 2.75) is 84.2 Å². The molecule has 2 nitrogen and oxygen atoms in total. The Morgan fingerprint density at radius 2 is 1.58 bits per heavy atom. The van der Waals surface area contributed by atoms with Crippen LogP contribution in [0.3, 0.4) is 0 Å². The summed E-state index contributed by atoms with van der Waals surface area (Å²) in [4.78, 5) is 11.9. The smallest absolute Gasteiger partial charge is 0.341 e. The van der Waals surface area contributed by atoms with Gasteiger partial charge in [-0.1, -0.05) is 58.3 Å². The van der Waals surface area contributed by atoms with E-state index < -0.39 is 17.6 Å². The average Bonchev–Trinajstić information content (AvgIpc) is 2.55. The molecule has 0 aliphatic heterocycles. The molecular formula is C20H30F2O2. The van der Waals surface area contributed by atoms with Gasteiger partial charge in [0.2, 0.25) is 0 Å². The first-order valence-corrected chi connectivity index (χ1v) is 9.20. The van der Waals surface area contributed by atoms with Crippen LogP contribution >= 0.6 is 0 Å². The SMILES string of the molecule is CCCCCCCCCCCC(C)OC(=O)c1cc(F)ccc1F. The van der Waals surface area contributed by atoms with Crippen LogP contribution in [0.15, 0.2) is 18.2 Å². The number of unbranched alkanes of at least 4 members (excludes halogenated alkanes) is 8. The van der Waals surface area contributed by atoms with Gasteiger partial charge in [0.1, 0.15) is 11.6 Å². The zero-order valence-corrected chi connectivity index (χ0v) is 15.0.